The molecule has 1 aliphatic heterocycles. The zero-order valence-electron chi connectivity index (χ0n) is 16.8. The van der Waals surface area contributed by atoms with Crippen molar-refractivity contribution in [1.82, 2.24) is 0 Å². The molecule has 0 spiro atoms. The van der Waals surface area contributed by atoms with Crippen LogP contribution in [-0.2, 0) is 17.8 Å². The zero-order chi connectivity index (χ0) is 22.0. The molecule has 8 heteroatoms. The van der Waals surface area contributed by atoms with Crippen LogP contribution in [-0.4, -0.2) is 62.3 Å². The predicted molar refractivity (Wildman–Crippen MR) is 110 cm³/mol. The summed E-state index contributed by atoms with van der Waals surface area (Å²) in [6, 6.07) is 11.1. The van der Waals surface area contributed by atoms with E-state index >= 15 is 0 Å². The summed E-state index contributed by atoms with van der Waals surface area (Å²) in [6.45, 7) is 3.12. The smallest absolute Gasteiger partial charge is 0.229 e. The lowest BCUT2D eigenvalue weighted by atomic mass is 9.96. The van der Waals surface area contributed by atoms with Crippen molar-refractivity contribution in [2.45, 2.75) is 63.7 Å². The molecule has 1 heterocycles. The van der Waals surface area contributed by atoms with Gasteiger partial charge in [0.2, 0.25) is 6.29 Å². The molecule has 0 aromatic heterocycles. The van der Waals surface area contributed by atoms with Crippen molar-refractivity contribution < 1.29 is 35.0 Å². The van der Waals surface area contributed by atoms with E-state index in [0.717, 1.165) is 11.1 Å². The summed E-state index contributed by atoms with van der Waals surface area (Å²) in [4.78, 5) is 0. The maximum atomic E-state index is 10.4. The fourth-order valence-electron chi connectivity index (χ4n) is 3.44. The van der Waals surface area contributed by atoms with Crippen molar-refractivity contribution in [3.8, 4) is 5.75 Å². The van der Waals surface area contributed by atoms with E-state index in [1.54, 1.807) is 12.1 Å². The maximum Gasteiger partial charge on any atom is 0.229 e. The van der Waals surface area contributed by atoms with Crippen molar-refractivity contribution in [3.05, 3.63) is 63.7 Å². The van der Waals surface area contributed by atoms with Gasteiger partial charge in [-0.1, -0.05) is 41.4 Å². The molecule has 6 atom stereocenters. The minimum Gasteiger partial charge on any atom is -0.462 e. The molecule has 1 saturated heterocycles. The Balaban J connectivity index is 1.93. The van der Waals surface area contributed by atoms with Crippen molar-refractivity contribution in [2.24, 2.45) is 0 Å². The van der Waals surface area contributed by atoms with Crippen LogP contribution in [0.15, 0.2) is 36.4 Å². The zero-order valence-corrected chi connectivity index (χ0v) is 17.5. The number of ether oxygens (including phenoxy) is 2. The Morgan fingerprint density at radius 3 is 2.30 bits per heavy atom. The van der Waals surface area contributed by atoms with E-state index < -0.39 is 36.8 Å². The van der Waals surface area contributed by atoms with E-state index in [1.165, 1.54) is 6.92 Å². The number of aliphatic hydroxyl groups is 5. The van der Waals surface area contributed by atoms with Gasteiger partial charge in [-0.25, -0.2) is 0 Å². The van der Waals surface area contributed by atoms with Gasteiger partial charge >= 0.3 is 0 Å². The van der Waals surface area contributed by atoms with Gasteiger partial charge in [-0.15, -0.1) is 0 Å². The first kappa shape index (κ1) is 23.0. The molecule has 0 bridgehead atoms. The Morgan fingerprint density at radius 1 is 1.03 bits per heavy atom. The Kier molecular flexibility index (Phi) is 7.36. The number of halogens is 1. The second-order valence-corrected chi connectivity index (χ2v) is 8.08. The quantitative estimate of drug-likeness (QED) is 0.461. The van der Waals surface area contributed by atoms with Crippen LogP contribution in [0.25, 0.3) is 0 Å². The molecular weight excluding hydrogens is 412 g/mol. The minimum atomic E-state index is -1.57. The summed E-state index contributed by atoms with van der Waals surface area (Å²) in [6.07, 6.45) is -7.78. The molecule has 1 unspecified atom stereocenters. The van der Waals surface area contributed by atoms with Crippen LogP contribution < -0.4 is 4.74 Å². The van der Waals surface area contributed by atoms with Crippen LogP contribution in [0.5, 0.6) is 5.75 Å². The molecule has 7 nitrogen and oxygen atoms in total. The normalized spacial score (nSPS) is 27.7. The second-order valence-electron chi connectivity index (χ2n) is 7.67. The topological polar surface area (TPSA) is 120 Å². The lowest BCUT2D eigenvalue weighted by molar-refractivity contribution is -0.286. The Bertz CT molecular complexity index is 855. The van der Waals surface area contributed by atoms with Crippen LogP contribution in [0.4, 0.5) is 0 Å². The van der Waals surface area contributed by atoms with Gasteiger partial charge in [0, 0.05) is 17.0 Å². The molecule has 0 amide bonds. The minimum absolute atomic E-state index is 0.268. The van der Waals surface area contributed by atoms with Gasteiger partial charge < -0.3 is 35.0 Å². The van der Waals surface area contributed by atoms with E-state index in [-0.39, 0.29) is 12.4 Å². The van der Waals surface area contributed by atoms with Gasteiger partial charge in [0.25, 0.3) is 0 Å². The number of hydrogen-bond donors (Lipinski definition) is 5. The van der Waals surface area contributed by atoms with E-state index in [0.29, 0.717) is 22.6 Å². The number of aliphatic hydroxyl groups excluding tert-OH is 5. The third kappa shape index (κ3) is 4.95. The Morgan fingerprint density at radius 2 is 1.70 bits per heavy atom. The summed E-state index contributed by atoms with van der Waals surface area (Å²) >= 11 is 6.46. The highest BCUT2D eigenvalue weighted by molar-refractivity contribution is 6.31. The van der Waals surface area contributed by atoms with Crippen LogP contribution in [0, 0.1) is 6.92 Å². The van der Waals surface area contributed by atoms with Crippen molar-refractivity contribution in [2.75, 3.05) is 0 Å². The maximum absolute atomic E-state index is 10.4. The van der Waals surface area contributed by atoms with Crippen LogP contribution >= 0.6 is 11.6 Å². The van der Waals surface area contributed by atoms with Gasteiger partial charge in [0.15, 0.2) is 0 Å². The van der Waals surface area contributed by atoms with E-state index in [4.69, 9.17) is 21.1 Å². The molecule has 3 rings (SSSR count). The van der Waals surface area contributed by atoms with E-state index in [2.05, 4.69) is 0 Å². The first-order chi connectivity index (χ1) is 14.2. The first-order valence-corrected chi connectivity index (χ1v) is 10.1. The molecule has 0 saturated carbocycles. The summed E-state index contributed by atoms with van der Waals surface area (Å²) in [5, 5.41) is 50.3. The standard InChI is InChI=1S/C22H27ClO7/c1-11-3-5-13(6-4-11)7-15-16(23)8-14(10-24)9-17(15)29-22-20(28)18(26)19(27)21(30-22)12(2)25/h3-6,8-9,12,18-22,24-28H,7,10H2,1-2H3/t12?,18-,19-,20+,21+,22+/m0/s1. The first-order valence-electron chi connectivity index (χ1n) is 9.73. The van der Waals surface area contributed by atoms with Gasteiger partial charge in [-0.3, -0.25) is 0 Å². The molecule has 5 N–H and O–H groups in total. The lowest BCUT2D eigenvalue weighted by Crippen LogP contribution is -2.61. The summed E-state index contributed by atoms with van der Waals surface area (Å²) in [7, 11) is 0. The molecule has 2 aromatic rings. The number of benzene rings is 2. The average Bonchev–Trinajstić information content (AvgIpc) is 2.71. The number of rotatable bonds is 6. The summed E-state index contributed by atoms with van der Waals surface area (Å²) in [5.74, 6) is 0.268. The molecule has 1 aliphatic rings. The highest BCUT2D eigenvalue weighted by atomic mass is 35.5. The van der Waals surface area contributed by atoms with Gasteiger partial charge in [0.05, 0.1) is 12.7 Å². The largest absolute Gasteiger partial charge is 0.462 e. The lowest BCUT2D eigenvalue weighted by Gasteiger charge is -2.41. The molecule has 0 aliphatic carbocycles. The Labute approximate surface area is 180 Å². The highest BCUT2D eigenvalue weighted by Gasteiger charge is 2.46. The summed E-state index contributed by atoms with van der Waals surface area (Å²) in [5.41, 5.74) is 3.21. The van der Waals surface area contributed by atoms with Gasteiger partial charge in [-0.2, -0.15) is 0 Å². The SMILES string of the molecule is Cc1ccc(Cc2c(Cl)cc(CO)cc2O[C@@H]2O[C@H](C(C)O)[C@@H](O)[C@H](O)[C@H]2O)cc1. The average molecular weight is 439 g/mol. The molecule has 0 radical (unpaired) electrons. The highest BCUT2D eigenvalue weighted by Crippen LogP contribution is 2.34. The van der Waals surface area contributed by atoms with Crippen LogP contribution in [0.1, 0.15) is 29.2 Å². The monoisotopic (exact) mass is 438 g/mol. The van der Waals surface area contributed by atoms with E-state index in [9.17, 15) is 25.5 Å². The van der Waals surface area contributed by atoms with E-state index in [1.807, 2.05) is 31.2 Å². The molecule has 30 heavy (non-hydrogen) atoms. The fraction of sp³-hybridized carbons (Fsp3) is 0.455. The molecular formula is C22H27ClO7. The molecule has 2 aromatic carbocycles. The number of aryl methyl sites for hydroxylation is 1. The fourth-order valence-corrected chi connectivity index (χ4v) is 3.74. The van der Waals surface area contributed by atoms with Gasteiger partial charge in [0.1, 0.15) is 30.2 Å². The predicted octanol–water partition coefficient (Wildman–Crippen LogP) is 1.30. The molecule has 1 fully saturated rings. The van der Waals surface area contributed by atoms with Crippen LogP contribution in [0.3, 0.4) is 0 Å². The van der Waals surface area contributed by atoms with Gasteiger partial charge in [-0.05, 0) is 37.1 Å². The second kappa shape index (κ2) is 9.62. The van der Waals surface area contributed by atoms with Crippen molar-refractivity contribution >= 4 is 11.6 Å². The van der Waals surface area contributed by atoms with Crippen LogP contribution in [0.2, 0.25) is 5.02 Å². The third-order valence-electron chi connectivity index (χ3n) is 5.22. The van der Waals surface area contributed by atoms with Crippen molar-refractivity contribution in [3.63, 3.8) is 0 Å². The Hall–Kier alpha value is -1.71. The number of hydrogen-bond acceptors (Lipinski definition) is 7. The van der Waals surface area contributed by atoms with Crippen molar-refractivity contribution in [1.29, 1.82) is 0 Å². The summed E-state index contributed by atoms with van der Waals surface area (Å²) < 4.78 is 11.4. The third-order valence-corrected chi connectivity index (χ3v) is 5.56. The molecule has 164 valence electrons.